The molecule has 4 aromatic carbocycles. The highest BCUT2D eigenvalue weighted by Gasteiger charge is 2.10. The molecule has 4 nitrogen and oxygen atoms in total. The van der Waals surface area contributed by atoms with Crippen LogP contribution in [0.25, 0.3) is 56.3 Å². The van der Waals surface area contributed by atoms with Crippen molar-refractivity contribution in [1.82, 2.24) is 19.9 Å². The van der Waals surface area contributed by atoms with Crippen LogP contribution < -0.4 is 0 Å². The van der Waals surface area contributed by atoms with Crippen molar-refractivity contribution in [3.05, 3.63) is 133 Å². The number of rotatable bonds is 5. The first-order valence-electron chi connectivity index (χ1n) is 12.7. The van der Waals surface area contributed by atoms with E-state index in [0.717, 1.165) is 67.8 Å². The summed E-state index contributed by atoms with van der Waals surface area (Å²) in [5, 5.41) is 0. The highest BCUT2D eigenvalue weighted by molar-refractivity contribution is 5.77. The molecule has 0 radical (unpaired) electrons. The van der Waals surface area contributed by atoms with Crippen LogP contribution in [0.5, 0.6) is 0 Å². The van der Waals surface area contributed by atoms with Gasteiger partial charge in [0.25, 0.3) is 0 Å². The Labute approximate surface area is 222 Å². The second kappa shape index (κ2) is 10.2. The molecule has 0 aliphatic carbocycles. The first-order valence-corrected chi connectivity index (χ1v) is 12.7. The van der Waals surface area contributed by atoms with E-state index in [1.165, 1.54) is 0 Å². The predicted octanol–water partition coefficient (Wildman–Crippen LogP) is 8.22. The van der Waals surface area contributed by atoms with Gasteiger partial charge in [0.2, 0.25) is 0 Å². The summed E-state index contributed by atoms with van der Waals surface area (Å²) in [6.07, 6.45) is 0. The van der Waals surface area contributed by atoms with E-state index in [1.54, 1.807) is 0 Å². The molecule has 0 fully saturated rings. The maximum atomic E-state index is 4.89. The molecule has 0 aliphatic rings. The lowest BCUT2D eigenvalue weighted by molar-refractivity contribution is 1.06. The quantitative estimate of drug-likeness (QED) is 0.244. The fourth-order valence-corrected chi connectivity index (χ4v) is 4.62. The molecule has 0 saturated carbocycles. The molecule has 0 bridgehead atoms. The number of hydrogen-bond donors (Lipinski definition) is 0. The summed E-state index contributed by atoms with van der Waals surface area (Å²) >= 11 is 0. The van der Waals surface area contributed by atoms with Crippen LogP contribution >= 0.6 is 0 Å². The number of hydrogen-bond acceptors (Lipinski definition) is 4. The van der Waals surface area contributed by atoms with Crippen molar-refractivity contribution in [2.45, 2.75) is 13.8 Å². The van der Waals surface area contributed by atoms with E-state index < -0.39 is 0 Å². The van der Waals surface area contributed by atoms with E-state index in [1.807, 2.05) is 68.4 Å². The van der Waals surface area contributed by atoms with Gasteiger partial charge in [-0.15, -0.1) is 0 Å². The Morgan fingerprint density at radius 3 is 1.45 bits per heavy atom. The maximum Gasteiger partial charge on any atom is 0.160 e. The average Bonchev–Trinajstić information content (AvgIpc) is 2.97. The van der Waals surface area contributed by atoms with Crippen LogP contribution in [-0.2, 0) is 0 Å². The molecule has 0 saturated heterocycles. The molecule has 0 N–H and O–H groups in total. The monoisotopic (exact) mass is 490 g/mol. The molecule has 4 heteroatoms. The molecular weight excluding hydrogens is 464 g/mol. The summed E-state index contributed by atoms with van der Waals surface area (Å²) in [5.41, 5.74) is 10.1. The first kappa shape index (κ1) is 23.4. The summed E-state index contributed by atoms with van der Waals surface area (Å²) in [5.74, 6) is 1.49. The van der Waals surface area contributed by atoms with Gasteiger partial charge in [-0.3, -0.25) is 0 Å². The number of aryl methyl sites for hydroxylation is 2. The van der Waals surface area contributed by atoms with Crippen molar-refractivity contribution in [1.29, 1.82) is 0 Å². The predicted molar refractivity (Wildman–Crippen MR) is 154 cm³/mol. The van der Waals surface area contributed by atoms with E-state index >= 15 is 0 Å². The van der Waals surface area contributed by atoms with Crippen molar-refractivity contribution < 1.29 is 0 Å². The highest BCUT2D eigenvalue weighted by atomic mass is 14.9. The zero-order valence-electron chi connectivity index (χ0n) is 21.3. The largest absolute Gasteiger partial charge is 0.233 e. The fraction of sp³-hybridized carbons (Fsp3) is 0.0588. The molecule has 0 atom stereocenters. The molecule has 2 heterocycles. The number of aromatic nitrogens is 4. The fourth-order valence-electron chi connectivity index (χ4n) is 4.62. The smallest absolute Gasteiger partial charge is 0.160 e. The molecule has 0 amide bonds. The van der Waals surface area contributed by atoms with Gasteiger partial charge in [-0.25, -0.2) is 19.9 Å². The van der Waals surface area contributed by atoms with Gasteiger partial charge in [-0.1, -0.05) is 97.1 Å². The van der Waals surface area contributed by atoms with Gasteiger partial charge in [-0.2, -0.15) is 0 Å². The van der Waals surface area contributed by atoms with E-state index in [4.69, 9.17) is 9.97 Å². The lowest BCUT2D eigenvalue weighted by Gasteiger charge is -2.10. The van der Waals surface area contributed by atoms with Gasteiger partial charge in [-0.05, 0) is 49.2 Å². The zero-order chi connectivity index (χ0) is 25.9. The van der Waals surface area contributed by atoms with Gasteiger partial charge in [0.05, 0.1) is 17.1 Å². The van der Waals surface area contributed by atoms with Crippen LogP contribution in [0.4, 0.5) is 0 Å². The third-order valence-electron chi connectivity index (χ3n) is 6.44. The van der Waals surface area contributed by atoms with E-state index in [2.05, 4.69) is 76.7 Å². The van der Waals surface area contributed by atoms with E-state index in [-0.39, 0.29) is 0 Å². The highest BCUT2D eigenvalue weighted by Crippen LogP contribution is 2.31. The summed E-state index contributed by atoms with van der Waals surface area (Å²) in [4.78, 5) is 19.0. The lowest BCUT2D eigenvalue weighted by atomic mass is 9.98. The molecule has 2 aromatic heterocycles. The van der Waals surface area contributed by atoms with Crippen LogP contribution in [0.2, 0.25) is 0 Å². The number of nitrogens with zero attached hydrogens (tertiary/aromatic N) is 4. The Bertz CT molecular complexity index is 1600. The van der Waals surface area contributed by atoms with Crippen molar-refractivity contribution in [3.63, 3.8) is 0 Å². The minimum absolute atomic E-state index is 0.737. The normalized spacial score (nSPS) is 10.9. The zero-order valence-corrected chi connectivity index (χ0v) is 21.3. The molecule has 182 valence electrons. The minimum Gasteiger partial charge on any atom is -0.233 e. The lowest BCUT2D eigenvalue weighted by Crippen LogP contribution is -1.95. The summed E-state index contributed by atoms with van der Waals surface area (Å²) in [6.45, 7) is 3.95. The van der Waals surface area contributed by atoms with Gasteiger partial charge in [0.1, 0.15) is 5.82 Å². The summed E-state index contributed by atoms with van der Waals surface area (Å²) in [7, 11) is 0. The van der Waals surface area contributed by atoms with Crippen molar-refractivity contribution in [2.75, 3.05) is 0 Å². The van der Waals surface area contributed by atoms with Crippen molar-refractivity contribution >= 4 is 0 Å². The van der Waals surface area contributed by atoms with E-state index in [0.29, 0.717) is 0 Å². The van der Waals surface area contributed by atoms with Gasteiger partial charge >= 0.3 is 0 Å². The molecule has 6 rings (SSSR count). The average molecular weight is 491 g/mol. The standard InChI is InChI=1S/C34H26N4/c1-23-19-31(38-34(35-23)26-13-7-4-8-14-26)29-17-9-15-27(20-29)28-16-10-18-30(21-28)33-22-32(36-24(2)37-33)25-11-5-3-6-12-25/h3-22H,1-2H3. The second-order valence-corrected chi connectivity index (χ2v) is 9.30. The Morgan fingerprint density at radius 2 is 0.842 bits per heavy atom. The topological polar surface area (TPSA) is 51.6 Å². The van der Waals surface area contributed by atoms with Crippen molar-refractivity contribution in [3.8, 4) is 56.3 Å². The van der Waals surface area contributed by atoms with Crippen LogP contribution in [0.15, 0.2) is 121 Å². The van der Waals surface area contributed by atoms with Crippen LogP contribution in [0.1, 0.15) is 11.5 Å². The second-order valence-electron chi connectivity index (χ2n) is 9.30. The molecule has 6 aromatic rings. The molecular formula is C34H26N4. The van der Waals surface area contributed by atoms with Crippen LogP contribution in [-0.4, -0.2) is 19.9 Å². The first-order chi connectivity index (χ1) is 18.6. The third kappa shape index (κ3) is 4.97. The Morgan fingerprint density at radius 1 is 0.368 bits per heavy atom. The Hall–Kier alpha value is -4.96. The van der Waals surface area contributed by atoms with Crippen molar-refractivity contribution in [2.24, 2.45) is 0 Å². The van der Waals surface area contributed by atoms with Crippen LogP contribution in [0.3, 0.4) is 0 Å². The van der Waals surface area contributed by atoms with Gasteiger partial charge in [0, 0.05) is 27.9 Å². The minimum atomic E-state index is 0.737. The van der Waals surface area contributed by atoms with Gasteiger partial charge < -0.3 is 0 Å². The molecule has 0 spiro atoms. The molecule has 0 aliphatic heterocycles. The van der Waals surface area contributed by atoms with E-state index in [9.17, 15) is 0 Å². The maximum absolute atomic E-state index is 4.89. The summed E-state index contributed by atoms with van der Waals surface area (Å²) < 4.78 is 0. The number of benzene rings is 4. The third-order valence-corrected chi connectivity index (χ3v) is 6.44. The Kier molecular flexibility index (Phi) is 6.29. The Balaban J connectivity index is 1.37. The summed E-state index contributed by atoms with van der Waals surface area (Å²) in [6, 6.07) is 41.4. The molecule has 0 unspecified atom stereocenters. The van der Waals surface area contributed by atoms with Gasteiger partial charge in [0.15, 0.2) is 5.82 Å². The molecule has 38 heavy (non-hydrogen) atoms. The SMILES string of the molecule is Cc1cc(-c2cccc(-c3cccc(-c4cc(-c5ccccc5)nc(C)n4)c3)c2)nc(-c2ccccc2)n1. The van der Waals surface area contributed by atoms with Crippen LogP contribution in [0, 0.1) is 13.8 Å².